The summed E-state index contributed by atoms with van der Waals surface area (Å²) < 4.78 is 23.4. The van der Waals surface area contributed by atoms with Gasteiger partial charge in [0.25, 0.3) is 0 Å². The van der Waals surface area contributed by atoms with E-state index in [1.807, 2.05) is 27.2 Å². The molecule has 0 heterocycles. The van der Waals surface area contributed by atoms with Crippen LogP contribution in [0.25, 0.3) is 0 Å². The summed E-state index contributed by atoms with van der Waals surface area (Å²) in [6.45, 7) is 4.75. The van der Waals surface area contributed by atoms with Gasteiger partial charge in [0, 0.05) is 6.42 Å². The predicted molar refractivity (Wildman–Crippen MR) is 212 cm³/mol. The van der Waals surface area contributed by atoms with E-state index < -0.39 is 20.0 Å². The van der Waals surface area contributed by atoms with Crippen molar-refractivity contribution in [1.82, 2.24) is 5.32 Å². The Morgan fingerprint density at radius 3 is 1.60 bits per heavy atom. The Bertz CT molecular complexity index is 876. The molecule has 0 fully saturated rings. The molecule has 0 rings (SSSR count). The molecule has 0 aromatic heterocycles. The van der Waals surface area contributed by atoms with Crippen LogP contribution in [0.1, 0.15) is 181 Å². The molecule has 1 amide bonds. The Labute approximate surface area is 309 Å². The van der Waals surface area contributed by atoms with Gasteiger partial charge in [-0.05, 0) is 32.1 Å². The van der Waals surface area contributed by atoms with Gasteiger partial charge in [-0.3, -0.25) is 13.8 Å². The molecule has 296 valence electrons. The summed E-state index contributed by atoms with van der Waals surface area (Å²) >= 11 is 0. The molecule has 0 radical (unpaired) electrons. The number of amides is 1. The monoisotopic (exact) mass is 730 g/mol. The fourth-order valence-electron chi connectivity index (χ4n) is 5.82. The molecule has 8 nitrogen and oxygen atoms in total. The first-order chi connectivity index (χ1) is 24.0. The number of phosphoric ester groups is 1. The molecule has 0 spiro atoms. The van der Waals surface area contributed by atoms with Gasteiger partial charge in [0.15, 0.2) is 0 Å². The maximum absolute atomic E-state index is 12.8. The maximum atomic E-state index is 12.8. The first kappa shape index (κ1) is 49.0. The van der Waals surface area contributed by atoms with Gasteiger partial charge in [-0.1, -0.05) is 167 Å². The third-order valence-electron chi connectivity index (χ3n) is 9.17. The lowest BCUT2D eigenvalue weighted by atomic mass is 10.0. The second-order valence-corrected chi connectivity index (χ2v) is 16.8. The van der Waals surface area contributed by atoms with E-state index in [9.17, 15) is 19.4 Å². The standard InChI is InChI=1S/C41H81N2O6P/c1-6-8-10-12-14-16-18-19-20-21-22-23-24-25-27-29-31-33-35-41(45)42-39(38-49-50(46,47)48-37-36-43(3,4)5)40(44)34-32-30-28-26-17-15-13-11-9-7-2/h17,26,32,34,39-40,44H,6-16,18-25,27-31,33,35-38H2,1-5H3,(H-,42,45,46,47)/p+1/b26-17+,34-32+. The molecule has 0 bridgehead atoms. The molecule has 9 heteroatoms. The van der Waals surface area contributed by atoms with E-state index in [0.717, 1.165) is 38.5 Å². The minimum absolute atomic E-state index is 0.0578. The number of likely N-dealkylation sites (N-methyl/N-ethyl adjacent to an activating group) is 1. The molecular formula is C41H82N2O6P+. The molecule has 50 heavy (non-hydrogen) atoms. The summed E-state index contributed by atoms with van der Waals surface area (Å²) in [6.07, 6.45) is 38.2. The minimum Gasteiger partial charge on any atom is -0.387 e. The highest BCUT2D eigenvalue weighted by atomic mass is 31.2. The summed E-state index contributed by atoms with van der Waals surface area (Å²) in [6, 6.07) is -0.856. The van der Waals surface area contributed by atoms with Crippen LogP contribution in [0.4, 0.5) is 0 Å². The van der Waals surface area contributed by atoms with Gasteiger partial charge >= 0.3 is 7.82 Å². The zero-order valence-electron chi connectivity index (χ0n) is 33.4. The minimum atomic E-state index is -4.33. The third-order valence-corrected chi connectivity index (χ3v) is 10.2. The summed E-state index contributed by atoms with van der Waals surface area (Å²) in [5.41, 5.74) is 0. The Kier molecular flexibility index (Phi) is 33.1. The number of carbonyl (C=O) groups is 1. The average molecular weight is 730 g/mol. The van der Waals surface area contributed by atoms with Gasteiger partial charge in [0.05, 0.1) is 39.9 Å². The van der Waals surface area contributed by atoms with Gasteiger partial charge < -0.3 is 19.8 Å². The lowest BCUT2D eigenvalue weighted by Gasteiger charge is -2.25. The zero-order valence-corrected chi connectivity index (χ0v) is 34.3. The average Bonchev–Trinajstić information content (AvgIpc) is 3.06. The Morgan fingerprint density at radius 1 is 0.660 bits per heavy atom. The number of allylic oxidation sites excluding steroid dienone is 3. The van der Waals surface area contributed by atoms with Crippen molar-refractivity contribution in [3.63, 3.8) is 0 Å². The number of hydrogen-bond donors (Lipinski definition) is 3. The van der Waals surface area contributed by atoms with Crippen molar-refractivity contribution in [3.8, 4) is 0 Å². The van der Waals surface area contributed by atoms with E-state index in [1.165, 1.54) is 122 Å². The fourth-order valence-corrected chi connectivity index (χ4v) is 6.56. The summed E-state index contributed by atoms with van der Waals surface area (Å²) in [4.78, 5) is 23.0. The van der Waals surface area contributed by atoms with Crippen LogP contribution in [0.15, 0.2) is 24.3 Å². The molecule has 3 N–H and O–H groups in total. The van der Waals surface area contributed by atoms with E-state index in [1.54, 1.807) is 6.08 Å². The second-order valence-electron chi connectivity index (χ2n) is 15.4. The Morgan fingerprint density at radius 2 is 1.10 bits per heavy atom. The Balaban J connectivity index is 4.38. The van der Waals surface area contributed by atoms with E-state index in [0.29, 0.717) is 17.4 Å². The number of carbonyl (C=O) groups excluding carboxylic acids is 1. The van der Waals surface area contributed by atoms with Crippen molar-refractivity contribution >= 4 is 13.7 Å². The van der Waals surface area contributed by atoms with Gasteiger partial charge in [-0.2, -0.15) is 0 Å². The van der Waals surface area contributed by atoms with Gasteiger partial charge in [-0.15, -0.1) is 0 Å². The number of nitrogens with one attached hydrogen (secondary N) is 1. The molecular weight excluding hydrogens is 647 g/mol. The highest BCUT2D eigenvalue weighted by Crippen LogP contribution is 2.43. The van der Waals surface area contributed by atoms with E-state index >= 15 is 0 Å². The highest BCUT2D eigenvalue weighted by molar-refractivity contribution is 7.47. The number of aliphatic hydroxyl groups is 1. The number of quaternary nitrogens is 1. The van der Waals surface area contributed by atoms with Crippen LogP contribution in [0, 0.1) is 0 Å². The fraction of sp³-hybridized carbons (Fsp3) is 0.878. The van der Waals surface area contributed by atoms with Crippen LogP contribution in [0.3, 0.4) is 0 Å². The van der Waals surface area contributed by atoms with Crippen molar-refractivity contribution in [2.45, 2.75) is 193 Å². The summed E-state index contributed by atoms with van der Waals surface area (Å²) in [7, 11) is 1.56. The lowest BCUT2D eigenvalue weighted by Crippen LogP contribution is -2.45. The van der Waals surface area contributed by atoms with Crippen LogP contribution < -0.4 is 5.32 Å². The first-order valence-corrected chi connectivity index (χ1v) is 22.2. The number of aliphatic hydroxyl groups excluding tert-OH is 1. The van der Waals surface area contributed by atoms with Crippen LogP contribution >= 0.6 is 7.82 Å². The molecule has 0 saturated carbocycles. The van der Waals surface area contributed by atoms with Crippen LogP contribution in [-0.4, -0.2) is 73.4 Å². The smallest absolute Gasteiger partial charge is 0.387 e. The molecule has 0 aliphatic heterocycles. The molecule has 0 aliphatic rings. The molecule has 0 saturated heterocycles. The van der Waals surface area contributed by atoms with Crippen LogP contribution in [0.5, 0.6) is 0 Å². The van der Waals surface area contributed by atoms with Crippen molar-refractivity contribution < 1.29 is 32.9 Å². The maximum Gasteiger partial charge on any atom is 0.472 e. The quantitative estimate of drug-likeness (QED) is 0.0254. The van der Waals surface area contributed by atoms with Gasteiger partial charge in [0.1, 0.15) is 13.2 Å². The number of phosphoric acid groups is 1. The second kappa shape index (κ2) is 33.8. The topological polar surface area (TPSA) is 105 Å². The molecule has 3 atom stereocenters. The predicted octanol–water partition coefficient (Wildman–Crippen LogP) is 11.0. The van der Waals surface area contributed by atoms with Crippen molar-refractivity contribution in [3.05, 3.63) is 24.3 Å². The molecule has 0 aliphatic carbocycles. The van der Waals surface area contributed by atoms with E-state index in [2.05, 4.69) is 31.3 Å². The zero-order chi connectivity index (χ0) is 37.2. The molecule has 0 aromatic rings. The molecule has 0 aromatic carbocycles. The number of unbranched alkanes of at least 4 members (excludes halogenated alkanes) is 22. The summed E-state index contributed by atoms with van der Waals surface area (Å²) in [5.74, 6) is -0.188. The third kappa shape index (κ3) is 35.4. The van der Waals surface area contributed by atoms with Crippen molar-refractivity contribution in [2.24, 2.45) is 0 Å². The van der Waals surface area contributed by atoms with Gasteiger partial charge in [-0.25, -0.2) is 4.57 Å². The Hall–Kier alpha value is -1.02. The SMILES string of the molecule is CCCCCC/C=C/CC/C=C/C(O)C(COP(=O)(O)OCC[N+](C)(C)C)NC(=O)CCCCCCCCCCCCCCCCCCCC. The van der Waals surface area contributed by atoms with E-state index in [4.69, 9.17) is 9.05 Å². The number of rotatable bonds is 37. The number of hydrogen-bond acceptors (Lipinski definition) is 5. The van der Waals surface area contributed by atoms with Gasteiger partial charge in [0.2, 0.25) is 5.91 Å². The van der Waals surface area contributed by atoms with Crippen molar-refractivity contribution in [1.29, 1.82) is 0 Å². The van der Waals surface area contributed by atoms with Crippen LogP contribution in [-0.2, 0) is 18.4 Å². The van der Waals surface area contributed by atoms with E-state index in [-0.39, 0.29) is 19.1 Å². The highest BCUT2D eigenvalue weighted by Gasteiger charge is 2.27. The van der Waals surface area contributed by atoms with Crippen molar-refractivity contribution in [2.75, 3.05) is 40.9 Å². The number of nitrogens with zero attached hydrogens (tertiary/aromatic N) is 1. The normalized spacial score (nSPS) is 14.8. The largest absolute Gasteiger partial charge is 0.472 e. The lowest BCUT2D eigenvalue weighted by molar-refractivity contribution is -0.870. The van der Waals surface area contributed by atoms with Crippen LogP contribution in [0.2, 0.25) is 0 Å². The summed E-state index contributed by atoms with van der Waals surface area (Å²) in [5, 5.41) is 13.7. The first-order valence-electron chi connectivity index (χ1n) is 20.7. The molecule has 3 unspecified atom stereocenters.